The van der Waals surface area contributed by atoms with Gasteiger partial charge in [0.2, 0.25) is 5.91 Å². The van der Waals surface area contributed by atoms with E-state index in [-0.39, 0.29) is 11.7 Å². The van der Waals surface area contributed by atoms with E-state index in [9.17, 15) is 4.79 Å². The minimum Gasteiger partial charge on any atom is -0.486 e. The van der Waals surface area contributed by atoms with E-state index in [0.29, 0.717) is 24.1 Å². The van der Waals surface area contributed by atoms with Gasteiger partial charge in [-0.2, -0.15) is 0 Å². The molecule has 7 heteroatoms. The van der Waals surface area contributed by atoms with Crippen molar-refractivity contribution in [3.8, 4) is 5.75 Å². The quantitative estimate of drug-likeness (QED) is 0.331. The molecule has 0 aliphatic heterocycles. The maximum absolute atomic E-state index is 12.5. The van der Waals surface area contributed by atoms with E-state index in [2.05, 4.69) is 34.6 Å². The lowest BCUT2D eigenvalue weighted by molar-refractivity contribution is -0.113. The first-order chi connectivity index (χ1) is 16.2. The van der Waals surface area contributed by atoms with Gasteiger partial charge in [-0.3, -0.25) is 9.36 Å². The second-order valence-corrected chi connectivity index (χ2v) is 8.40. The van der Waals surface area contributed by atoms with Gasteiger partial charge in [0.15, 0.2) is 11.0 Å². The Morgan fingerprint density at radius 2 is 1.61 bits per heavy atom. The van der Waals surface area contributed by atoms with Crippen molar-refractivity contribution in [2.75, 3.05) is 11.1 Å². The third kappa shape index (κ3) is 6.46. The molecule has 4 aromatic rings. The Bertz CT molecular complexity index is 1160. The minimum absolute atomic E-state index is 0.0828. The summed E-state index contributed by atoms with van der Waals surface area (Å²) in [4.78, 5) is 12.5. The van der Waals surface area contributed by atoms with Crippen molar-refractivity contribution in [1.82, 2.24) is 14.8 Å². The Morgan fingerprint density at radius 3 is 2.30 bits per heavy atom. The number of hydrogen-bond acceptors (Lipinski definition) is 5. The molecular formula is C26H26N4O2S. The maximum atomic E-state index is 12.5. The fourth-order valence-corrected chi connectivity index (χ4v) is 4.03. The van der Waals surface area contributed by atoms with Gasteiger partial charge in [-0.25, -0.2) is 0 Å². The van der Waals surface area contributed by atoms with E-state index in [1.165, 1.54) is 17.3 Å². The van der Waals surface area contributed by atoms with Gasteiger partial charge >= 0.3 is 0 Å². The van der Waals surface area contributed by atoms with Gasteiger partial charge in [-0.15, -0.1) is 10.2 Å². The zero-order valence-electron chi connectivity index (χ0n) is 18.5. The third-order valence-electron chi connectivity index (χ3n) is 5.07. The number of ether oxygens (including phenoxy) is 1. The summed E-state index contributed by atoms with van der Waals surface area (Å²) < 4.78 is 7.90. The fourth-order valence-electron chi connectivity index (χ4n) is 3.27. The van der Waals surface area contributed by atoms with Crippen LogP contribution < -0.4 is 10.1 Å². The molecule has 6 nitrogen and oxygen atoms in total. The van der Waals surface area contributed by atoms with Crippen LogP contribution in [-0.4, -0.2) is 26.4 Å². The average Bonchev–Trinajstić information content (AvgIpc) is 3.24. The number of carbonyl (C=O) groups excluding carboxylic acids is 1. The lowest BCUT2D eigenvalue weighted by Crippen LogP contribution is -2.15. The molecule has 0 saturated carbocycles. The highest BCUT2D eigenvalue weighted by molar-refractivity contribution is 7.99. The van der Waals surface area contributed by atoms with Gasteiger partial charge in [0.05, 0.1) is 12.3 Å². The van der Waals surface area contributed by atoms with Crippen molar-refractivity contribution in [1.29, 1.82) is 0 Å². The molecule has 0 aliphatic rings. The Kier molecular flexibility index (Phi) is 7.76. The normalized spacial score (nSPS) is 10.7. The number of hydrogen-bond donors (Lipinski definition) is 1. The van der Waals surface area contributed by atoms with Crippen LogP contribution in [0, 0.1) is 0 Å². The number of para-hydroxylation sites is 1. The Hall–Kier alpha value is -3.58. The van der Waals surface area contributed by atoms with E-state index >= 15 is 0 Å². The molecule has 168 valence electrons. The molecule has 0 spiro atoms. The van der Waals surface area contributed by atoms with Crippen LogP contribution in [0.15, 0.2) is 90.1 Å². The highest BCUT2D eigenvalue weighted by atomic mass is 32.2. The van der Waals surface area contributed by atoms with Crippen LogP contribution in [0.3, 0.4) is 0 Å². The molecule has 1 amide bonds. The predicted octanol–water partition coefficient (Wildman–Crippen LogP) is 5.20. The minimum atomic E-state index is -0.0828. The van der Waals surface area contributed by atoms with Crippen LogP contribution in [0.1, 0.15) is 23.9 Å². The summed E-state index contributed by atoms with van der Waals surface area (Å²) in [6.07, 6.45) is 0.970. The molecule has 0 fully saturated rings. The standard InChI is InChI=1S/C26H26N4O2S/c1-2-20-13-15-22(16-14-20)27-25(31)19-33-26-29-28-24(18-32-23-11-7-4-8-12-23)30(26)17-21-9-5-3-6-10-21/h3-16H,2,17-19H2,1H3,(H,27,31). The van der Waals surface area contributed by atoms with Gasteiger partial charge < -0.3 is 10.1 Å². The third-order valence-corrected chi connectivity index (χ3v) is 6.03. The van der Waals surface area contributed by atoms with E-state index in [0.717, 1.165) is 23.4 Å². The average molecular weight is 459 g/mol. The van der Waals surface area contributed by atoms with E-state index in [4.69, 9.17) is 4.74 Å². The smallest absolute Gasteiger partial charge is 0.234 e. The fraction of sp³-hybridized carbons (Fsp3) is 0.192. The Balaban J connectivity index is 1.44. The van der Waals surface area contributed by atoms with E-state index < -0.39 is 0 Å². The molecule has 1 heterocycles. The first-order valence-corrected chi connectivity index (χ1v) is 11.9. The Morgan fingerprint density at radius 1 is 0.909 bits per heavy atom. The van der Waals surface area contributed by atoms with Crippen LogP contribution in [-0.2, 0) is 24.4 Å². The van der Waals surface area contributed by atoms with Gasteiger partial charge in [0.1, 0.15) is 12.4 Å². The first kappa shape index (κ1) is 22.6. The highest BCUT2D eigenvalue weighted by Crippen LogP contribution is 2.21. The lowest BCUT2D eigenvalue weighted by Gasteiger charge is -2.11. The highest BCUT2D eigenvalue weighted by Gasteiger charge is 2.15. The summed E-state index contributed by atoms with van der Waals surface area (Å²) in [7, 11) is 0. The number of thioether (sulfide) groups is 1. The van der Waals surface area contributed by atoms with Crippen molar-refractivity contribution in [3.63, 3.8) is 0 Å². The summed E-state index contributed by atoms with van der Waals surface area (Å²) >= 11 is 1.37. The largest absolute Gasteiger partial charge is 0.486 e. The van der Waals surface area contributed by atoms with Crippen LogP contribution in [0.5, 0.6) is 5.75 Å². The van der Waals surface area contributed by atoms with Crippen molar-refractivity contribution < 1.29 is 9.53 Å². The Labute approximate surface area is 198 Å². The van der Waals surface area contributed by atoms with Crippen LogP contribution in [0.25, 0.3) is 0 Å². The van der Waals surface area contributed by atoms with Gasteiger partial charge in [-0.1, -0.05) is 79.3 Å². The molecule has 0 unspecified atom stereocenters. The summed E-state index contributed by atoms with van der Waals surface area (Å²) in [6.45, 7) is 3.00. The van der Waals surface area contributed by atoms with Crippen molar-refractivity contribution >= 4 is 23.4 Å². The number of aryl methyl sites for hydroxylation is 1. The van der Waals surface area contributed by atoms with Crippen molar-refractivity contribution in [2.24, 2.45) is 0 Å². The predicted molar refractivity (Wildman–Crippen MR) is 132 cm³/mol. The zero-order chi connectivity index (χ0) is 22.9. The van der Waals surface area contributed by atoms with Crippen LogP contribution in [0.2, 0.25) is 0 Å². The molecule has 0 radical (unpaired) electrons. The second kappa shape index (κ2) is 11.3. The molecule has 33 heavy (non-hydrogen) atoms. The number of benzene rings is 3. The lowest BCUT2D eigenvalue weighted by atomic mass is 10.1. The molecule has 4 rings (SSSR count). The van der Waals surface area contributed by atoms with Crippen molar-refractivity contribution in [3.05, 3.63) is 102 Å². The molecular weight excluding hydrogens is 432 g/mol. The van der Waals surface area contributed by atoms with E-state index in [1.807, 2.05) is 77.4 Å². The van der Waals surface area contributed by atoms with Gasteiger partial charge in [-0.05, 0) is 41.8 Å². The molecule has 0 bridgehead atoms. The zero-order valence-corrected chi connectivity index (χ0v) is 19.3. The number of nitrogens with one attached hydrogen (secondary N) is 1. The summed E-state index contributed by atoms with van der Waals surface area (Å²) in [6, 6.07) is 27.6. The number of aromatic nitrogens is 3. The second-order valence-electron chi connectivity index (χ2n) is 7.46. The number of rotatable bonds is 10. The van der Waals surface area contributed by atoms with Gasteiger partial charge in [0.25, 0.3) is 0 Å². The van der Waals surface area contributed by atoms with E-state index in [1.54, 1.807) is 0 Å². The monoisotopic (exact) mass is 458 g/mol. The SMILES string of the molecule is CCc1ccc(NC(=O)CSc2nnc(COc3ccccc3)n2Cc2ccccc2)cc1. The summed E-state index contributed by atoms with van der Waals surface area (Å²) in [5.41, 5.74) is 3.16. The topological polar surface area (TPSA) is 69.0 Å². The number of carbonyl (C=O) groups is 1. The summed E-state index contributed by atoms with van der Waals surface area (Å²) in [5.74, 6) is 1.64. The number of amides is 1. The van der Waals surface area contributed by atoms with Gasteiger partial charge in [0, 0.05) is 5.69 Å². The molecule has 0 aliphatic carbocycles. The number of nitrogens with zero attached hydrogens (tertiary/aromatic N) is 3. The molecule has 1 N–H and O–H groups in total. The molecule has 3 aromatic carbocycles. The molecule has 0 saturated heterocycles. The molecule has 1 aromatic heterocycles. The van der Waals surface area contributed by atoms with Crippen LogP contribution >= 0.6 is 11.8 Å². The molecule has 0 atom stereocenters. The summed E-state index contributed by atoms with van der Waals surface area (Å²) in [5, 5.41) is 12.3. The maximum Gasteiger partial charge on any atom is 0.234 e. The van der Waals surface area contributed by atoms with Crippen molar-refractivity contribution in [2.45, 2.75) is 31.7 Å². The van der Waals surface area contributed by atoms with Crippen LogP contribution in [0.4, 0.5) is 5.69 Å². The number of anilines is 1. The first-order valence-electron chi connectivity index (χ1n) is 10.9.